The average Bonchev–Trinajstić information content (AvgIpc) is 3.54. The number of halogens is 3. The molecule has 2 fully saturated rings. The van der Waals surface area contributed by atoms with E-state index < -0.39 is 29.7 Å². The van der Waals surface area contributed by atoms with Gasteiger partial charge in [-0.25, -0.2) is 32.6 Å². The third-order valence-electron chi connectivity index (χ3n) is 7.21. The van der Waals surface area contributed by atoms with E-state index in [0.717, 1.165) is 6.07 Å². The Hall–Kier alpha value is -3.77. The number of fused-ring (bicyclic) bond motifs is 1. The Bertz CT molecular complexity index is 1320. The molecule has 3 aromatic heterocycles. The Kier molecular flexibility index (Phi) is 6.46. The Morgan fingerprint density at radius 2 is 2.08 bits per heavy atom. The number of aromatic nitrogens is 6. The summed E-state index contributed by atoms with van der Waals surface area (Å²) >= 11 is 0. The van der Waals surface area contributed by atoms with E-state index in [1.54, 1.807) is 26.1 Å². The highest BCUT2D eigenvalue weighted by Gasteiger charge is 2.58. The Balaban J connectivity index is 1.29. The number of aliphatic carboxylic acids is 1. The molecule has 0 bridgehead atoms. The summed E-state index contributed by atoms with van der Waals surface area (Å²) in [5.41, 5.74) is -0.590. The molecule has 10 nitrogen and oxygen atoms in total. The molecule has 3 aromatic rings. The Morgan fingerprint density at radius 1 is 1.27 bits per heavy atom. The number of alkyl halides is 3. The third-order valence-corrected chi connectivity index (χ3v) is 7.21. The van der Waals surface area contributed by atoms with Gasteiger partial charge in [0, 0.05) is 19.2 Å². The smallest absolute Gasteiger partial charge is 0.341 e. The summed E-state index contributed by atoms with van der Waals surface area (Å²) in [6.07, 6.45) is -0.303. The van der Waals surface area contributed by atoms with Crippen molar-refractivity contribution in [1.82, 2.24) is 29.9 Å². The SMILES string of the molecule is Cc1nc(-c2nnn(C)c2COc2nccc(C(F)F)n2)ccc1O[C@@H]1C[C@H]2CC[C@](F)(C(=O)O)[C@H]2C1. The number of hydrogen-bond acceptors (Lipinski definition) is 8. The number of nitrogens with zero attached hydrogens (tertiary/aromatic N) is 6. The Morgan fingerprint density at radius 3 is 2.81 bits per heavy atom. The molecule has 0 unspecified atom stereocenters. The molecular formula is C24H25F3N6O4. The highest BCUT2D eigenvalue weighted by Crippen LogP contribution is 2.52. The summed E-state index contributed by atoms with van der Waals surface area (Å²) in [7, 11) is 1.66. The molecule has 0 saturated heterocycles. The van der Waals surface area contributed by atoms with Crippen LogP contribution in [0.1, 0.15) is 49.2 Å². The van der Waals surface area contributed by atoms with Crippen LogP contribution in [0.15, 0.2) is 24.4 Å². The second-order valence-electron chi connectivity index (χ2n) is 9.43. The molecule has 0 spiro atoms. The first-order valence-corrected chi connectivity index (χ1v) is 11.8. The number of carbonyl (C=O) groups is 1. The molecule has 13 heteroatoms. The fraction of sp³-hybridized carbons (Fsp3) is 0.500. The van der Waals surface area contributed by atoms with Crippen molar-refractivity contribution in [2.45, 2.75) is 57.4 Å². The van der Waals surface area contributed by atoms with E-state index in [0.29, 0.717) is 47.8 Å². The van der Waals surface area contributed by atoms with Crippen LogP contribution in [-0.2, 0) is 18.4 Å². The van der Waals surface area contributed by atoms with Crippen LogP contribution in [0.25, 0.3) is 11.4 Å². The van der Waals surface area contributed by atoms with Gasteiger partial charge in [0.05, 0.1) is 17.5 Å². The van der Waals surface area contributed by atoms with Crippen LogP contribution in [0.3, 0.4) is 0 Å². The zero-order valence-electron chi connectivity index (χ0n) is 20.1. The number of hydrogen-bond donors (Lipinski definition) is 1. The number of ether oxygens (including phenoxy) is 2. The van der Waals surface area contributed by atoms with Crippen molar-refractivity contribution >= 4 is 5.97 Å². The van der Waals surface area contributed by atoms with Crippen LogP contribution in [0.5, 0.6) is 11.8 Å². The molecule has 2 saturated carbocycles. The van der Waals surface area contributed by atoms with Gasteiger partial charge < -0.3 is 14.6 Å². The van der Waals surface area contributed by atoms with E-state index in [4.69, 9.17) is 9.47 Å². The highest BCUT2D eigenvalue weighted by atomic mass is 19.3. The normalized spacial score (nSPS) is 24.9. The van der Waals surface area contributed by atoms with Crippen LogP contribution in [0.4, 0.5) is 13.2 Å². The van der Waals surface area contributed by atoms with Crippen molar-refractivity contribution < 1.29 is 32.5 Å². The van der Waals surface area contributed by atoms with Gasteiger partial charge in [-0.15, -0.1) is 5.10 Å². The molecule has 0 aromatic carbocycles. The lowest BCUT2D eigenvalue weighted by Crippen LogP contribution is -2.38. The van der Waals surface area contributed by atoms with Crippen LogP contribution >= 0.6 is 0 Å². The molecule has 5 rings (SSSR count). The molecule has 0 amide bonds. The molecular weight excluding hydrogens is 493 g/mol. The molecule has 2 aliphatic rings. The third kappa shape index (κ3) is 4.69. The summed E-state index contributed by atoms with van der Waals surface area (Å²) in [5, 5.41) is 17.5. The maximum atomic E-state index is 15.0. The van der Waals surface area contributed by atoms with Crippen LogP contribution in [0.2, 0.25) is 0 Å². The van der Waals surface area contributed by atoms with Crippen LogP contribution < -0.4 is 9.47 Å². The summed E-state index contributed by atoms with van der Waals surface area (Å²) in [5.74, 6) is -1.42. The summed E-state index contributed by atoms with van der Waals surface area (Å²) in [4.78, 5) is 23.6. The van der Waals surface area contributed by atoms with Crippen molar-refractivity contribution in [3.63, 3.8) is 0 Å². The Labute approximate surface area is 209 Å². The topological polar surface area (TPSA) is 125 Å². The first kappa shape index (κ1) is 24.9. The molecule has 196 valence electrons. The molecule has 1 N–H and O–H groups in total. The van der Waals surface area contributed by atoms with E-state index in [2.05, 4.69) is 25.3 Å². The second-order valence-corrected chi connectivity index (χ2v) is 9.43. The summed E-state index contributed by atoms with van der Waals surface area (Å²) in [6, 6.07) is 4.36. The lowest BCUT2D eigenvalue weighted by Gasteiger charge is -2.22. The van der Waals surface area contributed by atoms with Gasteiger partial charge in [-0.2, -0.15) is 4.98 Å². The molecule has 4 atom stereocenters. The molecule has 2 aliphatic carbocycles. The van der Waals surface area contributed by atoms with Gasteiger partial charge in [0.2, 0.25) is 5.67 Å². The number of pyridine rings is 1. The van der Waals surface area contributed by atoms with Gasteiger partial charge in [0.15, 0.2) is 0 Å². The molecule has 0 aliphatic heterocycles. The second kappa shape index (κ2) is 9.60. The molecule has 0 radical (unpaired) electrons. The van der Waals surface area contributed by atoms with Crippen molar-refractivity contribution in [2.24, 2.45) is 18.9 Å². The minimum Gasteiger partial charge on any atom is -0.489 e. The van der Waals surface area contributed by atoms with Gasteiger partial charge in [0.1, 0.15) is 29.4 Å². The fourth-order valence-corrected chi connectivity index (χ4v) is 5.30. The number of carboxylic acid groups (broad SMARTS) is 1. The first-order valence-electron chi connectivity index (χ1n) is 11.8. The molecule has 37 heavy (non-hydrogen) atoms. The fourth-order valence-electron chi connectivity index (χ4n) is 5.30. The predicted octanol–water partition coefficient (Wildman–Crippen LogP) is 3.85. The van der Waals surface area contributed by atoms with Crippen LogP contribution in [0, 0.1) is 18.8 Å². The largest absolute Gasteiger partial charge is 0.489 e. The average molecular weight is 518 g/mol. The van der Waals surface area contributed by atoms with Crippen molar-refractivity contribution in [2.75, 3.05) is 0 Å². The van der Waals surface area contributed by atoms with Gasteiger partial charge in [0.25, 0.3) is 6.43 Å². The standard InChI is InChI=1S/C24H25F3N6O4/c1-12-19(37-14-9-13-5-7-24(27,22(34)35)15(13)10-14)4-3-16(29-12)20-18(33(2)32-31-20)11-36-23-28-8-6-17(30-23)21(25)26/h3-4,6,8,13-15,21H,5,7,9-11H2,1-2H3,(H,34,35)/t13-,14-,15+,24-/m1/s1. The maximum absolute atomic E-state index is 15.0. The van der Waals surface area contributed by atoms with Gasteiger partial charge in [-0.3, -0.25) is 0 Å². The molecule has 3 heterocycles. The number of rotatable bonds is 8. The van der Waals surface area contributed by atoms with Gasteiger partial charge >= 0.3 is 12.0 Å². The number of aryl methyl sites for hydroxylation is 2. The maximum Gasteiger partial charge on any atom is 0.341 e. The van der Waals surface area contributed by atoms with Crippen LogP contribution in [-0.4, -0.2) is 52.8 Å². The minimum absolute atomic E-state index is 0.00819. The zero-order chi connectivity index (χ0) is 26.3. The lowest BCUT2D eigenvalue weighted by atomic mass is 9.89. The zero-order valence-corrected chi connectivity index (χ0v) is 20.1. The predicted molar refractivity (Wildman–Crippen MR) is 122 cm³/mol. The quantitative estimate of drug-likeness (QED) is 0.473. The highest BCUT2D eigenvalue weighted by molar-refractivity contribution is 5.78. The van der Waals surface area contributed by atoms with Gasteiger partial charge in [-0.1, -0.05) is 5.21 Å². The first-order chi connectivity index (χ1) is 17.7. The van der Waals surface area contributed by atoms with E-state index in [1.807, 2.05) is 0 Å². The summed E-state index contributed by atoms with van der Waals surface area (Å²) < 4.78 is 53.9. The van der Waals surface area contributed by atoms with E-state index in [-0.39, 0.29) is 31.1 Å². The summed E-state index contributed by atoms with van der Waals surface area (Å²) in [6.45, 7) is 1.69. The van der Waals surface area contributed by atoms with Crippen molar-refractivity contribution in [1.29, 1.82) is 0 Å². The van der Waals surface area contributed by atoms with E-state index >= 15 is 0 Å². The van der Waals surface area contributed by atoms with E-state index in [9.17, 15) is 23.1 Å². The van der Waals surface area contributed by atoms with Gasteiger partial charge in [-0.05, 0) is 56.7 Å². The van der Waals surface area contributed by atoms with E-state index in [1.165, 1.54) is 10.9 Å². The monoisotopic (exact) mass is 518 g/mol. The lowest BCUT2D eigenvalue weighted by molar-refractivity contribution is -0.153. The number of carboxylic acids is 1. The van der Waals surface area contributed by atoms with Crippen molar-refractivity contribution in [3.8, 4) is 23.1 Å². The minimum atomic E-state index is -2.74. The van der Waals surface area contributed by atoms with Crippen molar-refractivity contribution in [3.05, 3.63) is 41.5 Å².